The van der Waals surface area contributed by atoms with Crippen molar-refractivity contribution in [2.75, 3.05) is 24.5 Å². The Labute approximate surface area is 97.7 Å². The normalized spacial score (nSPS) is 15.7. The predicted molar refractivity (Wildman–Crippen MR) is 67.7 cm³/mol. The fraction of sp³-hybridized carbons (Fsp3) is 0.615. The van der Waals surface area contributed by atoms with Crippen LogP contribution in [-0.4, -0.2) is 24.6 Å². The summed E-state index contributed by atoms with van der Waals surface area (Å²) in [6, 6.07) is 4.36. The number of nitrogens with zero attached hydrogens (tertiary/aromatic N) is 2. The lowest BCUT2D eigenvalue weighted by Crippen LogP contribution is -2.18. The van der Waals surface area contributed by atoms with Crippen LogP contribution < -0.4 is 10.6 Å². The van der Waals surface area contributed by atoms with Crippen LogP contribution in [0, 0.1) is 0 Å². The topological polar surface area (TPSA) is 42.1 Å². The number of anilines is 1. The Balaban J connectivity index is 1.88. The van der Waals surface area contributed by atoms with Crippen molar-refractivity contribution in [1.82, 2.24) is 4.98 Å². The summed E-state index contributed by atoms with van der Waals surface area (Å²) in [5, 5.41) is 0. The minimum Gasteiger partial charge on any atom is -0.357 e. The van der Waals surface area contributed by atoms with Gasteiger partial charge in [0.1, 0.15) is 5.82 Å². The van der Waals surface area contributed by atoms with Crippen LogP contribution in [0.1, 0.15) is 31.2 Å². The molecule has 1 fully saturated rings. The van der Waals surface area contributed by atoms with Gasteiger partial charge in [-0.05, 0) is 50.3 Å². The van der Waals surface area contributed by atoms with Crippen LogP contribution in [-0.2, 0) is 6.42 Å². The van der Waals surface area contributed by atoms with Gasteiger partial charge in [-0.15, -0.1) is 0 Å². The number of nitrogens with two attached hydrogens (primary N) is 1. The van der Waals surface area contributed by atoms with Crippen molar-refractivity contribution in [3.63, 3.8) is 0 Å². The van der Waals surface area contributed by atoms with Crippen LogP contribution in [0.5, 0.6) is 0 Å². The van der Waals surface area contributed by atoms with Gasteiger partial charge in [0.15, 0.2) is 0 Å². The van der Waals surface area contributed by atoms with Gasteiger partial charge in [-0.3, -0.25) is 0 Å². The Morgan fingerprint density at radius 1 is 1.19 bits per heavy atom. The largest absolute Gasteiger partial charge is 0.357 e. The van der Waals surface area contributed by atoms with Gasteiger partial charge in [-0.2, -0.15) is 0 Å². The molecule has 0 unspecified atom stereocenters. The molecule has 2 heterocycles. The van der Waals surface area contributed by atoms with E-state index >= 15 is 0 Å². The first-order valence-electron chi connectivity index (χ1n) is 6.30. The first kappa shape index (κ1) is 11.4. The highest BCUT2D eigenvalue weighted by Gasteiger charge is 2.12. The Hall–Kier alpha value is -1.09. The van der Waals surface area contributed by atoms with Crippen LogP contribution in [0.3, 0.4) is 0 Å². The minimum absolute atomic E-state index is 0.791. The van der Waals surface area contributed by atoms with E-state index in [0.29, 0.717) is 0 Å². The fourth-order valence-corrected chi connectivity index (χ4v) is 2.17. The summed E-state index contributed by atoms with van der Waals surface area (Å²) in [7, 11) is 0. The molecule has 1 saturated heterocycles. The van der Waals surface area contributed by atoms with Gasteiger partial charge in [0.2, 0.25) is 0 Å². The molecule has 1 aromatic heterocycles. The van der Waals surface area contributed by atoms with Gasteiger partial charge >= 0.3 is 0 Å². The SMILES string of the molecule is NCCCCc1ccc(N2CCCC2)nc1. The number of aryl methyl sites for hydroxylation is 1. The van der Waals surface area contributed by atoms with Crippen molar-refractivity contribution in [3.05, 3.63) is 23.9 Å². The lowest BCUT2D eigenvalue weighted by molar-refractivity contribution is 0.742. The number of rotatable bonds is 5. The molecule has 0 aliphatic carbocycles. The third-order valence-electron chi connectivity index (χ3n) is 3.16. The van der Waals surface area contributed by atoms with E-state index in [-0.39, 0.29) is 0 Å². The zero-order valence-corrected chi connectivity index (χ0v) is 9.86. The van der Waals surface area contributed by atoms with Crippen LogP contribution in [0.2, 0.25) is 0 Å². The van der Waals surface area contributed by atoms with E-state index in [0.717, 1.165) is 25.2 Å². The Morgan fingerprint density at radius 3 is 2.62 bits per heavy atom. The van der Waals surface area contributed by atoms with E-state index in [4.69, 9.17) is 5.73 Å². The highest BCUT2D eigenvalue weighted by Crippen LogP contribution is 2.17. The highest BCUT2D eigenvalue weighted by atomic mass is 15.2. The Bertz CT molecular complexity index is 301. The smallest absolute Gasteiger partial charge is 0.128 e. The second-order valence-electron chi connectivity index (χ2n) is 4.46. The summed E-state index contributed by atoms with van der Waals surface area (Å²) in [5.41, 5.74) is 6.81. The Kier molecular flexibility index (Phi) is 4.17. The summed E-state index contributed by atoms with van der Waals surface area (Å²) in [5.74, 6) is 1.14. The molecule has 3 nitrogen and oxygen atoms in total. The average Bonchev–Trinajstić information content (AvgIpc) is 2.84. The molecule has 0 bridgehead atoms. The molecule has 1 aromatic rings. The van der Waals surface area contributed by atoms with Crippen LogP contribution in [0.4, 0.5) is 5.82 Å². The van der Waals surface area contributed by atoms with Crippen LogP contribution in [0.25, 0.3) is 0 Å². The van der Waals surface area contributed by atoms with Crippen LogP contribution in [0.15, 0.2) is 18.3 Å². The van der Waals surface area contributed by atoms with Crippen molar-refractivity contribution in [1.29, 1.82) is 0 Å². The molecular weight excluding hydrogens is 198 g/mol. The second-order valence-corrected chi connectivity index (χ2v) is 4.46. The second kappa shape index (κ2) is 5.85. The maximum atomic E-state index is 5.48. The van der Waals surface area contributed by atoms with E-state index in [1.165, 1.54) is 37.9 Å². The minimum atomic E-state index is 0.791. The van der Waals surface area contributed by atoms with Crippen LogP contribution >= 0.6 is 0 Å². The molecule has 0 radical (unpaired) electrons. The van der Waals surface area contributed by atoms with Gasteiger partial charge < -0.3 is 10.6 Å². The van der Waals surface area contributed by atoms with Crippen molar-refractivity contribution in [3.8, 4) is 0 Å². The van der Waals surface area contributed by atoms with Crippen molar-refractivity contribution in [2.45, 2.75) is 32.1 Å². The molecule has 1 aliphatic heterocycles. The van der Waals surface area contributed by atoms with E-state index in [9.17, 15) is 0 Å². The summed E-state index contributed by atoms with van der Waals surface area (Å²) < 4.78 is 0. The lowest BCUT2D eigenvalue weighted by atomic mass is 10.1. The molecular formula is C13H21N3. The molecule has 0 atom stereocenters. The summed E-state index contributed by atoms with van der Waals surface area (Å²) in [6.45, 7) is 3.12. The van der Waals surface area contributed by atoms with Gasteiger partial charge in [-0.25, -0.2) is 4.98 Å². The first-order valence-corrected chi connectivity index (χ1v) is 6.30. The zero-order chi connectivity index (χ0) is 11.2. The maximum absolute atomic E-state index is 5.48. The summed E-state index contributed by atoms with van der Waals surface area (Å²) in [4.78, 5) is 6.90. The molecule has 0 spiro atoms. The molecule has 88 valence electrons. The lowest BCUT2D eigenvalue weighted by Gasteiger charge is -2.16. The summed E-state index contributed by atoms with van der Waals surface area (Å²) >= 11 is 0. The summed E-state index contributed by atoms with van der Waals surface area (Å²) in [6.07, 6.45) is 8.00. The third-order valence-corrected chi connectivity index (χ3v) is 3.16. The van der Waals surface area contributed by atoms with Gasteiger partial charge in [0.05, 0.1) is 0 Å². The molecule has 2 N–H and O–H groups in total. The quantitative estimate of drug-likeness (QED) is 0.770. The Morgan fingerprint density at radius 2 is 2.00 bits per heavy atom. The highest BCUT2D eigenvalue weighted by molar-refractivity contribution is 5.40. The van der Waals surface area contributed by atoms with E-state index in [1.54, 1.807) is 0 Å². The fourth-order valence-electron chi connectivity index (χ4n) is 2.17. The average molecular weight is 219 g/mol. The number of pyridine rings is 1. The standard InChI is InChI=1S/C13H21N3/c14-8-2-1-5-12-6-7-13(15-11-12)16-9-3-4-10-16/h6-7,11H,1-5,8-10,14H2. The maximum Gasteiger partial charge on any atom is 0.128 e. The molecule has 16 heavy (non-hydrogen) atoms. The number of aromatic nitrogens is 1. The molecule has 3 heteroatoms. The third kappa shape index (κ3) is 2.95. The monoisotopic (exact) mass is 219 g/mol. The van der Waals surface area contributed by atoms with Crippen molar-refractivity contribution >= 4 is 5.82 Å². The number of hydrogen-bond donors (Lipinski definition) is 1. The molecule has 0 amide bonds. The van der Waals surface area contributed by atoms with E-state index in [1.807, 2.05) is 6.20 Å². The van der Waals surface area contributed by atoms with E-state index in [2.05, 4.69) is 22.0 Å². The molecule has 0 saturated carbocycles. The van der Waals surface area contributed by atoms with Gasteiger partial charge in [0, 0.05) is 19.3 Å². The number of hydrogen-bond acceptors (Lipinski definition) is 3. The molecule has 2 rings (SSSR count). The molecule has 0 aromatic carbocycles. The first-order chi connectivity index (χ1) is 7.90. The van der Waals surface area contributed by atoms with Gasteiger partial charge in [0.25, 0.3) is 0 Å². The van der Waals surface area contributed by atoms with Crippen molar-refractivity contribution in [2.24, 2.45) is 5.73 Å². The van der Waals surface area contributed by atoms with Crippen molar-refractivity contribution < 1.29 is 0 Å². The predicted octanol–water partition coefficient (Wildman–Crippen LogP) is 1.96. The van der Waals surface area contributed by atoms with E-state index < -0.39 is 0 Å². The zero-order valence-electron chi connectivity index (χ0n) is 9.86. The van der Waals surface area contributed by atoms with Gasteiger partial charge in [-0.1, -0.05) is 6.07 Å². The molecule has 1 aliphatic rings. The number of unbranched alkanes of at least 4 members (excludes halogenated alkanes) is 1.